The summed E-state index contributed by atoms with van der Waals surface area (Å²) < 4.78 is 37.3. The van der Waals surface area contributed by atoms with E-state index in [2.05, 4.69) is 39.1 Å². The number of sulfonamides is 1. The lowest BCUT2D eigenvalue weighted by Gasteiger charge is -2.43. The number of rotatable bonds is 6. The van der Waals surface area contributed by atoms with Gasteiger partial charge in [0.05, 0.1) is 22.7 Å². The molecule has 2 fully saturated rings. The molecule has 3 aliphatic rings. The minimum atomic E-state index is -3.99. The average Bonchev–Trinajstić information content (AvgIpc) is 3.19. The summed E-state index contributed by atoms with van der Waals surface area (Å²) in [6, 6.07) is 12.1. The molecule has 0 saturated heterocycles. The number of ether oxygens (including phenoxy) is 1. The van der Waals surface area contributed by atoms with E-state index in [-0.39, 0.29) is 27.7 Å². The van der Waals surface area contributed by atoms with Crippen LogP contribution in [0.25, 0.3) is 0 Å². The van der Waals surface area contributed by atoms with Crippen LogP contribution in [0, 0.1) is 37.5 Å². The zero-order chi connectivity index (χ0) is 29.0. The van der Waals surface area contributed by atoms with Gasteiger partial charge in [0.15, 0.2) is 0 Å². The molecule has 0 spiro atoms. The fourth-order valence-corrected chi connectivity index (χ4v) is 9.76. The van der Waals surface area contributed by atoms with Gasteiger partial charge < -0.3 is 10.1 Å². The number of benzene rings is 2. The van der Waals surface area contributed by atoms with E-state index in [1.807, 2.05) is 39.0 Å². The lowest BCUT2D eigenvalue weighted by atomic mass is 9.70. The van der Waals surface area contributed by atoms with Crippen molar-refractivity contribution >= 4 is 21.8 Å². The fourth-order valence-electron chi connectivity index (χ4n) is 7.92. The van der Waals surface area contributed by atoms with Crippen LogP contribution in [0.4, 0.5) is 10.5 Å². The second kappa shape index (κ2) is 10.2. The molecule has 40 heavy (non-hydrogen) atoms. The highest BCUT2D eigenvalue weighted by Crippen LogP contribution is 2.68. The number of carbonyl (C=O) groups excluding carboxylic acids is 1. The maximum Gasteiger partial charge on any atom is 0.407 e. The van der Waals surface area contributed by atoms with Gasteiger partial charge in [-0.1, -0.05) is 68.3 Å². The second-order valence-corrected chi connectivity index (χ2v) is 14.9. The summed E-state index contributed by atoms with van der Waals surface area (Å²) in [7, 11) is -3.99. The van der Waals surface area contributed by atoms with Crippen molar-refractivity contribution in [2.75, 3.05) is 4.31 Å². The van der Waals surface area contributed by atoms with E-state index in [1.165, 1.54) is 5.57 Å². The summed E-state index contributed by atoms with van der Waals surface area (Å²) >= 11 is 0. The van der Waals surface area contributed by atoms with E-state index in [9.17, 15) is 13.2 Å². The Bertz CT molecular complexity index is 1410. The molecule has 1 N–H and O–H groups in total. The van der Waals surface area contributed by atoms with Gasteiger partial charge in [0.1, 0.15) is 6.10 Å². The highest BCUT2D eigenvalue weighted by atomic mass is 32.2. The molecule has 3 aliphatic carbocycles. The fraction of sp³-hybridized carbons (Fsp3) is 0.545. The van der Waals surface area contributed by atoms with Crippen LogP contribution in [0.2, 0.25) is 0 Å². The van der Waals surface area contributed by atoms with E-state index in [1.54, 1.807) is 28.6 Å². The van der Waals surface area contributed by atoms with Crippen molar-refractivity contribution in [2.24, 2.45) is 16.7 Å². The SMILES string of the molecule is CC1=CC(NC(=O)O[C@@H]2[C@H](N(c3c(C)cc(C)cc3C)S(=O)(=O)c3ccccc3)[C@H]3CC[C@]2(C)C3(C)C)CCC1. The Labute approximate surface area is 240 Å². The van der Waals surface area contributed by atoms with Crippen LogP contribution in [0.5, 0.6) is 0 Å². The normalized spacial score (nSPS) is 29.1. The summed E-state index contributed by atoms with van der Waals surface area (Å²) in [5.74, 6) is 0.0192. The first kappa shape index (κ1) is 28.7. The lowest BCUT2D eigenvalue weighted by Crippen LogP contribution is -2.55. The van der Waals surface area contributed by atoms with Gasteiger partial charge in [0, 0.05) is 5.41 Å². The van der Waals surface area contributed by atoms with Crippen LogP contribution < -0.4 is 9.62 Å². The Morgan fingerprint density at radius 2 is 1.65 bits per heavy atom. The van der Waals surface area contributed by atoms with Crippen molar-refractivity contribution in [3.05, 3.63) is 70.8 Å². The monoisotopic (exact) mass is 564 g/mol. The third-order valence-electron chi connectivity index (χ3n) is 10.3. The smallest absolute Gasteiger partial charge is 0.407 e. The number of nitrogens with one attached hydrogen (secondary N) is 1. The topological polar surface area (TPSA) is 75.7 Å². The Balaban J connectivity index is 1.63. The van der Waals surface area contributed by atoms with Crippen molar-refractivity contribution in [1.29, 1.82) is 0 Å². The number of hydrogen-bond donors (Lipinski definition) is 1. The van der Waals surface area contributed by atoms with Crippen LogP contribution in [0.15, 0.2) is 59.0 Å². The molecular formula is C33H44N2O4S. The molecule has 5 rings (SSSR count). The van der Waals surface area contributed by atoms with Crippen molar-refractivity contribution in [1.82, 2.24) is 5.32 Å². The number of alkyl carbamates (subject to hydrolysis) is 1. The van der Waals surface area contributed by atoms with Crippen LogP contribution >= 0.6 is 0 Å². The van der Waals surface area contributed by atoms with Gasteiger partial charge in [-0.15, -0.1) is 0 Å². The highest BCUT2D eigenvalue weighted by molar-refractivity contribution is 7.92. The molecule has 2 aromatic carbocycles. The highest BCUT2D eigenvalue weighted by Gasteiger charge is 2.70. The molecule has 2 aromatic rings. The summed E-state index contributed by atoms with van der Waals surface area (Å²) in [5.41, 5.74) is 4.22. The first-order chi connectivity index (χ1) is 18.8. The predicted molar refractivity (Wildman–Crippen MR) is 160 cm³/mol. The molecule has 0 heterocycles. The zero-order valence-electron chi connectivity index (χ0n) is 25.0. The largest absolute Gasteiger partial charge is 0.443 e. The molecule has 1 unspecified atom stereocenters. The number of amides is 1. The molecule has 1 amide bonds. The molecule has 7 heteroatoms. The van der Waals surface area contributed by atoms with Crippen molar-refractivity contribution in [3.8, 4) is 0 Å². The van der Waals surface area contributed by atoms with Crippen LogP contribution in [0.1, 0.15) is 76.5 Å². The summed E-state index contributed by atoms with van der Waals surface area (Å²) in [6.07, 6.45) is 5.76. The van der Waals surface area contributed by atoms with Crippen LogP contribution in [-0.4, -0.2) is 32.7 Å². The predicted octanol–water partition coefficient (Wildman–Crippen LogP) is 7.23. The number of anilines is 1. The first-order valence-electron chi connectivity index (χ1n) is 14.6. The Kier molecular flexibility index (Phi) is 7.35. The van der Waals surface area contributed by atoms with Crippen molar-refractivity contribution in [2.45, 2.75) is 104 Å². The van der Waals surface area contributed by atoms with E-state index in [0.29, 0.717) is 5.69 Å². The van der Waals surface area contributed by atoms with E-state index in [0.717, 1.165) is 48.8 Å². The standard InChI is InChI=1S/C33H44N2O4S/c1-21-12-11-13-25(20-21)34-31(36)39-30-29(27-16-17-33(30,7)32(27,5)6)35(28-23(3)18-22(2)19-24(28)4)40(37,38)26-14-9-8-10-15-26/h8-10,14-15,18-20,25,27,29-30H,11-13,16-17H2,1-7H3,(H,34,36)/t25?,27-,29-,30-,33+/m1/s1. The number of allylic oxidation sites excluding steroid dienone is 1. The van der Waals surface area contributed by atoms with Gasteiger partial charge in [-0.2, -0.15) is 0 Å². The number of aryl methyl sites for hydroxylation is 3. The van der Waals surface area contributed by atoms with Gasteiger partial charge in [0.25, 0.3) is 10.0 Å². The molecule has 5 atom stereocenters. The molecule has 2 saturated carbocycles. The third-order valence-corrected chi connectivity index (χ3v) is 12.1. The number of hydrogen-bond acceptors (Lipinski definition) is 4. The van der Waals surface area contributed by atoms with Crippen LogP contribution in [0.3, 0.4) is 0 Å². The summed E-state index contributed by atoms with van der Waals surface area (Å²) in [5, 5.41) is 3.07. The molecule has 0 radical (unpaired) electrons. The third kappa shape index (κ3) is 4.64. The Morgan fingerprint density at radius 1 is 1.00 bits per heavy atom. The maximum absolute atomic E-state index is 14.6. The summed E-state index contributed by atoms with van der Waals surface area (Å²) in [4.78, 5) is 13.7. The minimum absolute atomic E-state index is 0.0192. The molecular weight excluding hydrogens is 520 g/mol. The van der Waals surface area contributed by atoms with E-state index >= 15 is 0 Å². The quantitative estimate of drug-likeness (QED) is 0.376. The van der Waals surface area contributed by atoms with Crippen molar-refractivity contribution in [3.63, 3.8) is 0 Å². The Morgan fingerprint density at radius 3 is 2.27 bits per heavy atom. The average molecular weight is 565 g/mol. The zero-order valence-corrected chi connectivity index (χ0v) is 25.8. The molecule has 6 nitrogen and oxygen atoms in total. The van der Waals surface area contributed by atoms with Gasteiger partial charge in [-0.3, -0.25) is 4.31 Å². The van der Waals surface area contributed by atoms with Gasteiger partial charge in [0.2, 0.25) is 0 Å². The Hall–Kier alpha value is -2.80. The molecule has 216 valence electrons. The van der Waals surface area contributed by atoms with Crippen molar-refractivity contribution < 1.29 is 17.9 Å². The van der Waals surface area contributed by atoms with Gasteiger partial charge >= 0.3 is 6.09 Å². The maximum atomic E-state index is 14.6. The lowest BCUT2D eigenvalue weighted by molar-refractivity contribution is -0.0105. The minimum Gasteiger partial charge on any atom is -0.443 e. The van der Waals surface area contributed by atoms with Crippen LogP contribution in [-0.2, 0) is 14.8 Å². The molecule has 0 aromatic heterocycles. The number of carbonyl (C=O) groups is 1. The second-order valence-electron chi connectivity index (χ2n) is 13.1. The van der Waals surface area contributed by atoms with Gasteiger partial charge in [-0.05, 0) is 94.4 Å². The first-order valence-corrected chi connectivity index (χ1v) is 16.0. The molecule has 0 aliphatic heterocycles. The summed E-state index contributed by atoms with van der Waals surface area (Å²) in [6.45, 7) is 14.7. The molecule has 2 bridgehead atoms. The van der Waals surface area contributed by atoms with Gasteiger partial charge in [-0.25, -0.2) is 13.2 Å². The van der Waals surface area contributed by atoms with E-state index < -0.39 is 28.3 Å². The number of fused-ring (bicyclic) bond motifs is 2. The number of nitrogens with zero attached hydrogens (tertiary/aromatic N) is 1. The van der Waals surface area contributed by atoms with E-state index in [4.69, 9.17) is 4.74 Å².